The maximum Gasteiger partial charge on any atom is 0.120 e. The van der Waals surface area contributed by atoms with Gasteiger partial charge in [-0.3, -0.25) is 4.98 Å². The SMILES string of the molecule is C[C@@H](NCCOc1cccc(Br)c1)c1ccccn1. The van der Waals surface area contributed by atoms with Gasteiger partial charge in [-0.2, -0.15) is 0 Å². The van der Waals surface area contributed by atoms with Gasteiger partial charge in [0.05, 0.1) is 5.69 Å². The van der Waals surface area contributed by atoms with Crippen LogP contribution in [0, 0.1) is 0 Å². The average molecular weight is 321 g/mol. The van der Waals surface area contributed by atoms with Crippen molar-refractivity contribution in [2.75, 3.05) is 13.2 Å². The number of nitrogens with zero attached hydrogens (tertiary/aromatic N) is 1. The van der Waals surface area contributed by atoms with Crippen LogP contribution in [0.1, 0.15) is 18.7 Å². The molecule has 0 bridgehead atoms. The summed E-state index contributed by atoms with van der Waals surface area (Å²) in [6, 6.07) is 14.0. The molecule has 0 aliphatic rings. The molecule has 0 saturated heterocycles. The Bertz CT molecular complexity index is 505. The summed E-state index contributed by atoms with van der Waals surface area (Å²) in [5, 5.41) is 3.38. The van der Waals surface area contributed by atoms with E-state index in [0.717, 1.165) is 22.5 Å². The molecule has 1 heterocycles. The van der Waals surface area contributed by atoms with E-state index in [9.17, 15) is 0 Å². The van der Waals surface area contributed by atoms with Crippen LogP contribution in [0.25, 0.3) is 0 Å². The molecule has 0 saturated carbocycles. The Morgan fingerprint density at radius 2 is 2.16 bits per heavy atom. The lowest BCUT2D eigenvalue weighted by molar-refractivity contribution is 0.307. The van der Waals surface area contributed by atoms with E-state index < -0.39 is 0 Å². The molecule has 2 rings (SSSR count). The fraction of sp³-hybridized carbons (Fsp3) is 0.267. The molecule has 0 fully saturated rings. The van der Waals surface area contributed by atoms with E-state index in [1.54, 1.807) is 0 Å². The molecule has 100 valence electrons. The Morgan fingerprint density at radius 1 is 1.26 bits per heavy atom. The molecule has 1 atom stereocenters. The van der Waals surface area contributed by atoms with Crippen molar-refractivity contribution in [3.05, 3.63) is 58.8 Å². The molecule has 3 nitrogen and oxygen atoms in total. The number of aromatic nitrogens is 1. The lowest BCUT2D eigenvalue weighted by atomic mass is 10.2. The number of hydrogen-bond acceptors (Lipinski definition) is 3. The highest BCUT2D eigenvalue weighted by Gasteiger charge is 2.04. The van der Waals surface area contributed by atoms with Crippen molar-refractivity contribution in [1.29, 1.82) is 0 Å². The quantitative estimate of drug-likeness (QED) is 0.826. The van der Waals surface area contributed by atoms with Crippen molar-refractivity contribution < 1.29 is 4.74 Å². The van der Waals surface area contributed by atoms with Crippen LogP contribution in [0.5, 0.6) is 5.75 Å². The summed E-state index contributed by atoms with van der Waals surface area (Å²) in [6.45, 7) is 3.51. The van der Waals surface area contributed by atoms with Crippen molar-refractivity contribution in [2.45, 2.75) is 13.0 Å². The molecule has 4 heteroatoms. The highest BCUT2D eigenvalue weighted by molar-refractivity contribution is 9.10. The summed E-state index contributed by atoms with van der Waals surface area (Å²) in [4.78, 5) is 4.32. The van der Waals surface area contributed by atoms with Crippen LogP contribution < -0.4 is 10.1 Å². The first kappa shape index (κ1) is 14.0. The van der Waals surface area contributed by atoms with Crippen LogP contribution in [-0.4, -0.2) is 18.1 Å². The minimum atomic E-state index is 0.229. The Balaban J connectivity index is 1.72. The number of rotatable bonds is 6. The number of hydrogen-bond donors (Lipinski definition) is 1. The van der Waals surface area contributed by atoms with E-state index in [1.165, 1.54) is 0 Å². The zero-order valence-electron chi connectivity index (χ0n) is 10.8. The van der Waals surface area contributed by atoms with E-state index >= 15 is 0 Å². The van der Waals surface area contributed by atoms with E-state index in [2.05, 4.69) is 33.2 Å². The van der Waals surface area contributed by atoms with Crippen molar-refractivity contribution in [3.63, 3.8) is 0 Å². The molecule has 0 spiro atoms. The highest BCUT2D eigenvalue weighted by atomic mass is 79.9. The monoisotopic (exact) mass is 320 g/mol. The summed E-state index contributed by atoms with van der Waals surface area (Å²) < 4.78 is 6.69. The first-order valence-corrected chi connectivity index (χ1v) is 7.07. The normalized spacial score (nSPS) is 12.1. The molecule has 0 aliphatic heterocycles. The van der Waals surface area contributed by atoms with E-state index in [0.29, 0.717) is 6.61 Å². The van der Waals surface area contributed by atoms with Gasteiger partial charge in [0.25, 0.3) is 0 Å². The van der Waals surface area contributed by atoms with Crippen LogP contribution in [0.15, 0.2) is 53.1 Å². The predicted octanol–water partition coefficient (Wildman–Crippen LogP) is 3.57. The molecule has 0 aliphatic carbocycles. The van der Waals surface area contributed by atoms with E-state index in [1.807, 2.05) is 48.7 Å². The molecule has 1 aromatic carbocycles. The summed E-state index contributed by atoms with van der Waals surface area (Å²) >= 11 is 3.42. The fourth-order valence-electron chi connectivity index (χ4n) is 1.74. The molecule has 1 aromatic heterocycles. The van der Waals surface area contributed by atoms with Crippen LogP contribution >= 0.6 is 15.9 Å². The van der Waals surface area contributed by atoms with Gasteiger partial charge in [-0.05, 0) is 37.3 Å². The van der Waals surface area contributed by atoms with Gasteiger partial charge in [0.15, 0.2) is 0 Å². The molecule has 1 N–H and O–H groups in total. The zero-order chi connectivity index (χ0) is 13.5. The molecule has 19 heavy (non-hydrogen) atoms. The van der Waals surface area contributed by atoms with Crippen molar-refractivity contribution >= 4 is 15.9 Å². The topological polar surface area (TPSA) is 34.1 Å². The lowest BCUT2D eigenvalue weighted by Gasteiger charge is -2.13. The van der Waals surface area contributed by atoms with Crippen molar-refractivity contribution in [2.24, 2.45) is 0 Å². The van der Waals surface area contributed by atoms with Gasteiger partial charge in [0.2, 0.25) is 0 Å². The minimum Gasteiger partial charge on any atom is -0.492 e. The second kappa shape index (κ2) is 7.26. The average Bonchev–Trinajstić information content (AvgIpc) is 2.44. The number of pyridine rings is 1. The summed E-state index contributed by atoms with van der Waals surface area (Å²) in [7, 11) is 0. The highest BCUT2D eigenvalue weighted by Crippen LogP contribution is 2.17. The lowest BCUT2D eigenvalue weighted by Crippen LogP contribution is -2.24. The van der Waals surface area contributed by atoms with Gasteiger partial charge in [0, 0.05) is 23.3 Å². The smallest absolute Gasteiger partial charge is 0.120 e. The standard InChI is InChI=1S/C15H17BrN2O/c1-12(15-7-2-3-8-18-15)17-9-10-19-14-6-4-5-13(16)11-14/h2-8,11-12,17H,9-10H2,1H3/t12-/m1/s1. The number of nitrogens with one attached hydrogen (secondary N) is 1. The molecular weight excluding hydrogens is 304 g/mol. The molecular formula is C15H17BrN2O. The fourth-order valence-corrected chi connectivity index (χ4v) is 2.12. The second-order valence-electron chi connectivity index (χ2n) is 4.24. The minimum absolute atomic E-state index is 0.229. The van der Waals surface area contributed by atoms with Crippen molar-refractivity contribution in [1.82, 2.24) is 10.3 Å². The molecule has 0 radical (unpaired) electrons. The molecule has 0 amide bonds. The zero-order valence-corrected chi connectivity index (χ0v) is 12.4. The first-order valence-electron chi connectivity index (χ1n) is 6.28. The number of halogens is 1. The largest absolute Gasteiger partial charge is 0.492 e. The maximum atomic E-state index is 5.66. The van der Waals surface area contributed by atoms with Gasteiger partial charge in [-0.15, -0.1) is 0 Å². The number of benzene rings is 1. The Morgan fingerprint density at radius 3 is 2.89 bits per heavy atom. The van der Waals surface area contributed by atoms with Gasteiger partial charge < -0.3 is 10.1 Å². The number of ether oxygens (including phenoxy) is 1. The Kier molecular flexibility index (Phi) is 5.36. The maximum absolute atomic E-state index is 5.66. The third-order valence-corrected chi connectivity index (χ3v) is 3.24. The second-order valence-corrected chi connectivity index (χ2v) is 5.15. The summed E-state index contributed by atoms with van der Waals surface area (Å²) in [5.41, 5.74) is 1.05. The van der Waals surface area contributed by atoms with Crippen LogP contribution in [0.2, 0.25) is 0 Å². The predicted molar refractivity (Wildman–Crippen MR) is 80.3 cm³/mol. The van der Waals surface area contributed by atoms with Gasteiger partial charge >= 0.3 is 0 Å². The van der Waals surface area contributed by atoms with Gasteiger partial charge in [0.1, 0.15) is 12.4 Å². The van der Waals surface area contributed by atoms with E-state index in [-0.39, 0.29) is 6.04 Å². The summed E-state index contributed by atoms with van der Waals surface area (Å²) in [6.07, 6.45) is 1.81. The van der Waals surface area contributed by atoms with Crippen LogP contribution in [0.4, 0.5) is 0 Å². The van der Waals surface area contributed by atoms with Crippen LogP contribution in [-0.2, 0) is 0 Å². The third-order valence-electron chi connectivity index (χ3n) is 2.75. The Hall–Kier alpha value is -1.39. The Labute approximate surface area is 122 Å². The van der Waals surface area contributed by atoms with Gasteiger partial charge in [-0.1, -0.05) is 28.1 Å². The molecule has 0 unspecified atom stereocenters. The summed E-state index contributed by atoms with van der Waals surface area (Å²) in [5.74, 6) is 0.877. The third kappa shape index (κ3) is 4.65. The van der Waals surface area contributed by atoms with Crippen molar-refractivity contribution in [3.8, 4) is 5.75 Å². The van der Waals surface area contributed by atoms with Gasteiger partial charge in [-0.25, -0.2) is 0 Å². The first-order chi connectivity index (χ1) is 9.25. The van der Waals surface area contributed by atoms with Crippen LogP contribution in [0.3, 0.4) is 0 Å². The van der Waals surface area contributed by atoms with E-state index in [4.69, 9.17) is 4.74 Å². The molecule has 2 aromatic rings.